The van der Waals surface area contributed by atoms with Crippen LogP contribution >= 0.6 is 0 Å². The van der Waals surface area contributed by atoms with Crippen LogP contribution in [0.1, 0.15) is 57.1 Å². The first-order chi connectivity index (χ1) is 16.8. The fourth-order valence-corrected chi connectivity index (χ4v) is 2.96. The molecule has 9 nitrogen and oxygen atoms in total. The van der Waals surface area contributed by atoms with Crippen LogP contribution in [0.25, 0.3) is 5.32 Å². The minimum absolute atomic E-state index is 0. The van der Waals surface area contributed by atoms with Gasteiger partial charge in [0.15, 0.2) is 5.78 Å². The van der Waals surface area contributed by atoms with Crippen molar-refractivity contribution in [3.63, 3.8) is 0 Å². The van der Waals surface area contributed by atoms with Gasteiger partial charge in [0.05, 0.1) is 25.7 Å². The Bertz CT molecular complexity index is 843. The third-order valence-corrected chi connectivity index (χ3v) is 4.98. The summed E-state index contributed by atoms with van der Waals surface area (Å²) in [4.78, 5) is 46.2. The van der Waals surface area contributed by atoms with E-state index in [1.807, 2.05) is 31.2 Å². The predicted molar refractivity (Wildman–Crippen MR) is 134 cm³/mol. The number of hydrogen-bond acceptors (Lipinski definition) is 7. The molecule has 0 aromatic heterocycles. The molecule has 36 heavy (non-hydrogen) atoms. The molecule has 0 bridgehead atoms. The van der Waals surface area contributed by atoms with E-state index in [1.54, 1.807) is 20.0 Å². The Kier molecular flexibility index (Phi) is 20.8. The summed E-state index contributed by atoms with van der Waals surface area (Å²) in [5.74, 6) is -0.162. The summed E-state index contributed by atoms with van der Waals surface area (Å²) in [5.41, 5.74) is 2.58. The Balaban J connectivity index is 0.0000122. The molecule has 1 aromatic carbocycles. The number of Topliss-reactive ketones (excluding diaryl/α,β-unsaturated/α-hetero) is 1. The number of carbonyl (C=O) groups is 4. The fraction of sp³-hybridized carbons (Fsp3) is 0.538. The molecule has 194 valence electrons. The van der Waals surface area contributed by atoms with Gasteiger partial charge in [0, 0.05) is 44.6 Å². The zero-order valence-corrected chi connectivity index (χ0v) is 27.0. The average molecular weight is 574 g/mol. The van der Waals surface area contributed by atoms with Crippen LogP contribution in [0.5, 0.6) is 0 Å². The van der Waals surface area contributed by atoms with Gasteiger partial charge in [-0.05, 0) is 32.3 Å². The zero-order chi connectivity index (χ0) is 25.9. The van der Waals surface area contributed by atoms with E-state index in [9.17, 15) is 19.2 Å². The van der Waals surface area contributed by atoms with Crippen molar-refractivity contribution in [1.82, 2.24) is 10.6 Å². The number of rotatable bonds is 18. The van der Waals surface area contributed by atoms with E-state index in [2.05, 4.69) is 16.0 Å². The second kappa shape index (κ2) is 21.7. The fourth-order valence-electron chi connectivity index (χ4n) is 2.96. The molecule has 0 fully saturated rings. The van der Waals surface area contributed by atoms with Gasteiger partial charge in [-0.3, -0.25) is 4.79 Å². The van der Waals surface area contributed by atoms with Gasteiger partial charge in [0.2, 0.25) is 0 Å². The minimum Gasteiger partial charge on any atom is -0.648 e. The number of unbranched alkanes of at least 4 members (excludes halogenated alkanes) is 2. The van der Waals surface area contributed by atoms with Crippen molar-refractivity contribution in [2.24, 2.45) is 0 Å². The van der Waals surface area contributed by atoms with Crippen LogP contribution in [0.15, 0.2) is 36.0 Å². The van der Waals surface area contributed by atoms with Crippen LogP contribution in [0.3, 0.4) is 0 Å². The number of benzene rings is 1. The Morgan fingerprint density at radius 3 is 2.31 bits per heavy atom. The van der Waals surface area contributed by atoms with Crippen molar-refractivity contribution in [3.05, 3.63) is 52.5 Å². The van der Waals surface area contributed by atoms with E-state index in [0.29, 0.717) is 25.8 Å². The van der Waals surface area contributed by atoms with Gasteiger partial charge in [-0.1, -0.05) is 36.2 Å². The van der Waals surface area contributed by atoms with E-state index < -0.39 is 6.09 Å². The van der Waals surface area contributed by atoms with Gasteiger partial charge in [-0.15, -0.1) is 6.54 Å². The molecule has 2 N–H and O–H groups in total. The average Bonchev–Trinajstić information content (AvgIpc) is 2.82. The van der Waals surface area contributed by atoms with Crippen molar-refractivity contribution in [1.29, 1.82) is 0 Å². The summed E-state index contributed by atoms with van der Waals surface area (Å²) < 4.78 is 10.3. The second-order valence-corrected chi connectivity index (χ2v) is 8.23. The molecule has 0 saturated heterocycles. The number of ketones is 2. The maximum atomic E-state index is 11.9. The van der Waals surface area contributed by atoms with Crippen molar-refractivity contribution in [3.8, 4) is 0 Å². The molecule has 0 radical (unpaired) electrons. The topological polar surface area (TPSA) is 125 Å². The van der Waals surface area contributed by atoms with Crippen LogP contribution < -0.4 is 68.8 Å². The molecule has 0 aliphatic carbocycles. The van der Waals surface area contributed by atoms with Crippen LogP contribution in [0, 0.1) is 0 Å². The first-order valence-electron chi connectivity index (χ1n) is 11.9. The number of carbonyl (C=O) groups excluding carboxylic acids is 4. The van der Waals surface area contributed by atoms with E-state index in [-0.39, 0.29) is 102 Å². The van der Waals surface area contributed by atoms with E-state index in [1.165, 1.54) is 0 Å². The predicted octanol–water partition coefficient (Wildman–Crippen LogP) is 0.608. The third-order valence-electron chi connectivity index (χ3n) is 4.98. The monoisotopic (exact) mass is 573 g/mol. The largest absolute Gasteiger partial charge is 1.00 e. The van der Waals surface area contributed by atoms with Gasteiger partial charge in [-0.2, -0.15) is 0 Å². The number of nitrogens with zero attached hydrogens (tertiary/aromatic N) is 1. The summed E-state index contributed by atoms with van der Waals surface area (Å²) in [6.07, 6.45) is 4.97. The molecule has 0 aliphatic heterocycles. The Hall–Kier alpha value is -1.39. The van der Waals surface area contributed by atoms with Crippen molar-refractivity contribution in [2.45, 2.75) is 58.9 Å². The number of nitrogens with one attached hydrogen (secondary N) is 2. The van der Waals surface area contributed by atoms with E-state index in [0.717, 1.165) is 36.1 Å². The van der Waals surface area contributed by atoms with Crippen LogP contribution in [0.4, 0.5) is 4.79 Å². The van der Waals surface area contributed by atoms with Gasteiger partial charge in [0.25, 0.3) is 0 Å². The first-order valence-corrected chi connectivity index (χ1v) is 11.9. The number of allylic oxidation sites excluding steroid dienone is 2. The smallest absolute Gasteiger partial charge is 0.648 e. The van der Waals surface area contributed by atoms with Crippen molar-refractivity contribution in [2.75, 3.05) is 33.4 Å². The normalized spacial score (nSPS) is 10.7. The van der Waals surface area contributed by atoms with Crippen LogP contribution in [0.2, 0.25) is 0 Å². The Labute approximate surface area is 263 Å². The number of alkyl carbamates (subject to hydrolysis) is 1. The molecule has 0 saturated carbocycles. The molecule has 0 spiro atoms. The first kappa shape index (κ1) is 34.6. The number of ether oxygens (including phenoxy) is 2. The Morgan fingerprint density at radius 1 is 0.944 bits per heavy atom. The SMILES string of the molecule is CN/C(C)=C\C(=O)Cc1ccc(C[N-]C(=O)COCCCOC(=O)NCCCCCC(C)=O)cc1.[Rb+]. The molecule has 2 amide bonds. The number of amides is 2. The van der Waals surface area contributed by atoms with Gasteiger partial charge in [0.1, 0.15) is 5.78 Å². The minimum atomic E-state index is -0.484. The van der Waals surface area contributed by atoms with Gasteiger partial charge in [-0.25, -0.2) is 4.79 Å². The van der Waals surface area contributed by atoms with Crippen molar-refractivity contribution < 1.29 is 86.8 Å². The maximum Gasteiger partial charge on any atom is 1.00 e. The van der Waals surface area contributed by atoms with Gasteiger partial charge < -0.3 is 35.0 Å². The molecule has 1 aromatic rings. The van der Waals surface area contributed by atoms with Crippen LogP contribution in [-0.4, -0.2) is 57.0 Å². The number of hydrogen-bond donors (Lipinski definition) is 2. The molecule has 0 aliphatic rings. The zero-order valence-electron chi connectivity index (χ0n) is 22.1. The second-order valence-electron chi connectivity index (χ2n) is 8.23. The summed E-state index contributed by atoms with van der Waals surface area (Å²) in [6, 6.07) is 7.42. The summed E-state index contributed by atoms with van der Waals surface area (Å²) in [7, 11) is 1.77. The maximum absolute atomic E-state index is 11.9. The molecule has 0 heterocycles. The van der Waals surface area contributed by atoms with Gasteiger partial charge >= 0.3 is 64.3 Å². The third kappa shape index (κ3) is 18.8. The summed E-state index contributed by atoms with van der Waals surface area (Å²) in [5, 5.41) is 9.56. The molecule has 1 rings (SSSR count). The summed E-state index contributed by atoms with van der Waals surface area (Å²) in [6.45, 7) is 4.51. The van der Waals surface area contributed by atoms with E-state index in [4.69, 9.17) is 9.47 Å². The molecule has 0 unspecified atom stereocenters. The van der Waals surface area contributed by atoms with Crippen molar-refractivity contribution >= 4 is 23.6 Å². The van der Waals surface area contributed by atoms with Crippen LogP contribution in [-0.2, 0) is 36.8 Å². The molecule has 10 heteroatoms. The Morgan fingerprint density at radius 2 is 1.64 bits per heavy atom. The van der Waals surface area contributed by atoms with E-state index >= 15 is 0 Å². The molecule has 0 atom stereocenters. The molecular formula is C26H38N3O6Rb. The quantitative estimate of drug-likeness (QED) is 0.195. The standard InChI is InChI=1S/C26H39N3O6.Rb/c1-20(27-3)16-24(31)17-22-9-11-23(12-10-22)18-29-25(32)19-34-14-7-15-35-26(33)28-13-6-4-5-8-21(2)30;/h9-12,16H,4-8,13-15,17-19H2,1-3H3,(H3,27,28,29,31,32,33);/q;+1/p-1. The summed E-state index contributed by atoms with van der Waals surface area (Å²) >= 11 is 0. The molecular weight excluding hydrogens is 536 g/mol.